The summed E-state index contributed by atoms with van der Waals surface area (Å²) in [7, 11) is 0. The minimum Gasteiger partial charge on any atom is -0.481 e. The van der Waals surface area contributed by atoms with Crippen LogP contribution in [-0.2, 0) is 14.3 Å². The van der Waals surface area contributed by atoms with Crippen molar-refractivity contribution in [3.63, 3.8) is 0 Å². The van der Waals surface area contributed by atoms with E-state index in [0.717, 1.165) is 11.1 Å². The average molecular weight is 292 g/mol. The van der Waals surface area contributed by atoms with Gasteiger partial charge in [0.25, 0.3) is 0 Å². The Balaban J connectivity index is 3.05. The largest absolute Gasteiger partial charge is 0.481 e. The molecule has 1 rings (SSSR count). The van der Waals surface area contributed by atoms with Crippen molar-refractivity contribution in [1.29, 1.82) is 0 Å². The number of benzene rings is 1. The molecule has 5 heteroatoms. The molecule has 0 bridgehead atoms. The number of esters is 1. The van der Waals surface area contributed by atoms with Gasteiger partial charge in [0.05, 0.1) is 12.5 Å². The monoisotopic (exact) mass is 292 g/mol. The molecule has 2 N–H and O–H groups in total. The molecule has 0 saturated carbocycles. The summed E-state index contributed by atoms with van der Waals surface area (Å²) in [5.41, 5.74) is -0.444. The van der Waals surface area contributed by atoms with E-state index in [-0.39, 0.29) is 0 Å². The Kier molecular flexibility index (Phi) is 5.67. The van der Waals surface area contributed by atoms with Crippen LogP contribution in [0.1, 0.15) is 31.4 Å². The molecule has 0 aliphatic carbocycles. The lowest BCUT2D eigenvalue weighted by Crippen LogP contribution is -2.41. The van der Waals surface area contributed by atoms with E-state index in [1.165, 1.54) is 12.2 Å². The molecule has 114 valence electrons. The van der Waals surface area contributed by atoms with Crippen LogP contribution in [0.2, 0.25) is 0 Å². The van der Waals surface area contributed by atoms with Gasteiger partial charge in [-0.15, -0.1) is 0 Å². The standard InChI is InChI=1S/C16H20O5/c1-11(2)21-15(19)16(20,10-14(17)18)9-8-13-7-5-4-6-12(13)3/h4-9,11,20H,10H2,1-3H3,(H,17,18)/b9-8+. The Labute approximate surface area is 123 Å². The van der Waals surface area contributed by atoms with Crippen molar-refractivity contribution in [1.82, 2.24) is 0 Å². The van der Waals surface area contributed by atoms with Crippen LogP contribution in [0.5, 0.6) is 0 Å². The third-order valence-electron chi connectivity index (χ3n) is 2.84. The number of carboxylic acids is 1. The highest BCUT2D eigenvalue weighted by molar-refractivity contribution is 5.88. The number of ether oxygens (including phenoxy) is 1. The fourth-order valence-corrected chi connectivity index (χ4v) is 1.75. The van der Waals surface area contributed by atoms with E-state index >= 15 is 0 Å². The molecule has 0 fully saturated rings. The fraction of sp³-hybridized carbons (Fsp3) is 0.375. The van der Waals surface area contributed by atoms with E-state index in [4.69, 9.17) is 9.84 Å². The quantitative estimate of drug-likeness (QED) is 0.785. The zero-order chi connectivity index (χ0) is 16.0. The van der Waals surface area contributed by atoms with E-state index in [1.807, 2.05) is 25.1 Å². The molecule has 0 radical (unpaired) electrons. The van der Waals surface area contributed by atoms with Crippen LogP contribution in [0.4, 0.5) is 0 Å². The minimum atomic E-state index is -2.18. The topological polar surface area (TPSA) is 83.8 Å². The van der Waals surface area contributed by atoms with Gasteiger partial charge in [-0.25, -0.2) is 4.79 Å². The number of hydrogen-bond acceptors (Lipinski definition) is 4. The molecule has 0 amide bonds. The lowest BCUT2D eigenvalue weighted by Gasteiger charge is -2.22. The highest BCUT2D eigenvalue weighted by Crippen LogP contribution is 2.19. The molecule has 21 heavy (non-hydrogen) atoms. The number of aryl methyl sites for hydroxylation is 1. The van der Waals surface area contributed by atoms with Crippen molar-refractivity contribution in [3.8, 4) is 0 Å². The highest BCUT2D eigenvalue weighted by atomic mass is 16.6. The first-order valence-corrected chi connectivity index (χ1v) is 6.65. The first-order valence-electron chi connectivity index (χ1n) is 6.65. The summed E-state index contributed by atoms with van der Waals surface area (Å²) in [6.07, 6.45) is 1.51. The van der Waals surface area contributed by atoms with Crippen molar-refractivity contribution in [2.75, 3.05) is 0 Å². The second kappa shape index (κ2) is 7.04. The molecule has 1 aromatic rings. The summed E-state index contributed by atoms with van der Waals surface area (Å²) >= 11 is 0. The van der Waals surface area contributed by atoms with Gasteiger partial charge in [0.2, 0.25) is 0 Å². The van der Waals surface area contributed by atoms with Gasteiger partial charge >= 0.3 is 11.9 Å². The summed E-state index contributed by atoms with van der Waals surface area (Å²) in [6, 6.07) is 7.36. The Morgan fingerprint density at radius 2 is 1.95 bits per heavy atom. The number of carboxylic acid groups (broad SMARTS) is 1. The van der Waals surface area contributed by atoms with Gasteiger partial charge < -0.3 is 14.9 Å². The maximum atomic E-state index is 11.9. The predicted molar refractivity (Wildman–Crippen MR) is 78.6 cm³/mol. The van der Waals surface area contributed by atoms with Crippen molar-refractivity contribution >= 4 is 18.0 Å². The second-order valence-corrected chi connectivity index (χ2v) is 5.14. The first-order chi connectivity index (χ1) is 9.74. The second-order valence-electron chi connectivity index (χ2n) is 5.14. The van der Waals surface area contributed by atoms with Crippen LogP contribution >= 0.6 is 0 Å². The maximum Gasteiger partial charge on any atom is 0.343 e. The van der Waals surface area contributed by atoms with Gasteiger partial charge in [0.1, 0.15) is 0 Å². The molecule has 0 aliphatic heterocycles. The zero-order valence-corrected chi connectivity index (χ0v) is 12.4. The average Bonchev–Trinajstić information content (AvgIpc) is 2.36. The molecule has 0 heterocycles. The van der Waals surface area contributed by atoms with Crippen LogP contribution in [0.3, 0.4) is 0 Å². The van der Waals surface area contributed by atoms with Crippen LogP contribution in [0, 0.1) is 6.92 Å². The van der Waals surface area contributed by atoms with Crippen molar-refractivity contribution < 1.29 is 24.5 Å². The van der Waals surface area contributed by atoms with E-state index in [2.05, 4.69) is 0 Å². The summed E-state index contributed by atoms with van der Waals surface area (Å²) in [5, 5.41) is 19.2. The van der Waals surface area contributed by atoms with Gasteiger partial charge in [-0.3, -0.25) is 4.79 Å². The lowest BCUT2D eigenvalue weighted by atomic mass is 9.97. The maximum absolute atomic E-state index is 11.9. The number of carbonyl (C=O) groups excluding carboxylic acids is 1. The summed E-state index contributed by atoms with van der Waals surface area (Å²) in [4.78, 5) is 22.8. The molecular formula is C16H20O5. The Morgan fingerprint density at radius 3 is 2.48 bits per heavy atom. The molecule has 0 spiro atoms. The summed E-state index contributed by atoms with van der Waals surface area (Å²) in [6.45, 7) is 5.14. The van der Waals surface area contributed by atoms with Crippen molar-refractivity contribution in [2.24, 2.45) is 0 Å². The van der Waals surface area contributed by atoms with Crippen LogP contribution in [-0.4, -0.2) is 33.9 Å². The number of aliphatic carboxylic acids is 1. The fourth-order valence-electron chi connectivity index (χ4n) is 1.75. The van der Waals surface area contributed by atoms with Gasteiger partial charge in [-0.1, -0.05) is 30.3 Å². The Morgan fingerprint density at radius 1 is 1.33 bits per heavy atom. The van der Waals surface area contributed by atoms with Gasteiger partial charge in [0, 0.05) is 0 Å². The number of carbonyl (C=O) groups is 2. The normalized spacial score (nSPS) is 14.1. The van der Waals surface area contributed by atoms with E-state index in [1.54, 1.807) is 19.9 Å². The molecule has 0 saturated heterocycles. The SMILES string of the molecule is Cc1ccccc1/C=C/C(O)(CC(=O)O)C(=O)OC(C)C. The molecular weight excluding hydrogens is 272 g/mol. The Hall–Kier alpha value is -2.14. The number of rotatable bonds is 6. The minimum absolute atomic E-state index is 0.440. The Bertz CT molecular complexity index is 547. The third-order valence-corrected chi connectivity index (χ3v) is 2.84. The molecule has 1 aromatic carbocycles. The molecule has 0 aliphatic rings. The third kappa shape index (κ3) is 5.04. The molecule has 1 atom stereocenters. The number of aliphatic hydroxyl groups is 1. The first kappa shape index (κ1) is 16.9. The molecule has 1 unspecified atom stereocenters. The van der Waals surface area contributed by atoms with Crippen molar-refractivity contribution in [3.05, 3.63) is 41.5 Å². The van der Waals surface area contributed by atoms with E-state index in [9.17, 15) is 14.7 Å². The summed E-state index contributed by atoms with van der Waals surface area (Å²) < 4.78 is 4.93. The van der Waals surface area contributed by atoms with Crippen LogP contribution in [0.25, 0.3) is 6.08 Å². The van der Waals surface area contributed by atoms with Crippen molar-refractivity contribution in [2.45, 2.75) is 38.9 Å². The zero-order valence-electron chi connectivity index (χ0n) is 12.4. The van der Waals surface area contributed by atoms with Gasteiger partial charge in [0.15, 0.2) is 5.60 Å². The lowest BCUT2D eigenvalue weighted by molar-refractivity contribution is -0.169. The molecule has 5 nitrogen and oxygen atoms in total. The van der Waals surface area contributed by atoms with Gasteiger partial charge in [-0.2, -0.15) is 0 Å². The molecule has 0 aromatic heterocycles. The predicted octanol–water partition coefficient (Wildman–Crippen LogP) is 2.17. The number of hydrogen-bond donors (Lipinski definition) is 2. The summed E-state index contributed by atoms with van der Waals surface area (Å²) in [5.74, 6) is -2.25. The van der Waals surface area contributed by atoms with Crippen LogP contribution < -0.4 is 0 Å². The van der Waals surface area contributed by atoms with E-state index < -0.39 is 30.1 Å². The highest BCUT2D eigenvalue weighted by Gasteiger charge is 2.38. The van der Waals surface area contributed by atoms with Crippen LogP contribution in [0.15, 0.2) is 30.3 Å². The smallest absolute Gasteiger partial charge is 0.343 e. The van der Waals surface area contributed by atoms with Gasteiger partial charge in [-0.05, 0) is 38.0 Å². The van der Waals surface area contributed by atoms with E-state index in [0.29, 0.717) is 0 Å².